The Kier molecular flexibility index (Phi) is 2.97. The van der Waals surface area contributed by atoms with E-state index in [1.165, 1.54) is 17.5 Å². The van der Waals surface area contributed by atoms with Gasteiger partial charge in [-0.05, 0) is 22.8 Å². The number of para-hydroxylation sites is 1. The van der Waals surface area contributed by atoms with E-state index in [2.05, 4.69) is 52.8 Å². The van der Waals surface area contributed by atoms with E-state index in [0.717, 1.165) is 18.8 Å². The van der Waals surface area contributed by atoms with Crippen LogP contribution in [-0.2, 0) is 11.8 Å². The maximum Gasteiger partial charge on any atom is 0.126 e. The largest absolute Gasteiger partial charge is 0.493 e. The first-order chi connectivity index (χ1) is 7.80. The molecule has 1 nitrogen and oxygen atoms in total. The molecular weight excluding hydrogens is 208 g/mol. The minimum atomic E-state index is 0.175. The van der Waals surface area contributed by atoms with Crippen molar-refractivity contribution >= 4 is 0 Å². The number of hydrogen-bond donors (Lipinski definition) is 0. The second kappa shape index (κ2) is 4.04. The van der Waals surface area contributed by atoms with Crippen molar-refractivity contribution in [3.8, 4) is 5.75 Å². The van der Waals surface area contributed by atoms with Gasteiger partial charge in [-0.2, -0.15) is 0 Å². The quantitative estimate of drug-likeness (QED) is 0.737. The highest BCUT2D eigenvalue weighted by molar-refractivity contribution is 5.47. The van der Waals surface area contributed by atoms with E-state index in [0.29, 0.717) is 5.41 Å². The first-order valence-electron chi connectivity index (χ1n) is 6.55. The van der Waals surface area contributed by atoms with Gasteiger partial charge in [-0.25, -0.2) is 0 Å². The molecule has 0 radical (unpaired) electrons. The van der Waals surface area contributed by atoms with Crippen molar-refractivity contribution in [3.05, 3.63) is 29.3 Å². The predicted molar refractivity (Wildman–Crippen MR) is 72.7 cm³/mol. The monoisotopic (exact) mass is 232 g/mol. The third-order valence-electron chi connectivity index (χ3n) is 3.42. The van der Waals surface area contributed by atoms with Crippen LogP contribution < -0.4 is 4.74 Å². The summed E-state index contributed by atoms with van der Waals surface area (Å²) in [5, 5.41) is 0. The van der Waals surface area contributed by atoms with E-state index in [1.807, 2.05) is 0 Å². The van der Waals surface area contributed by atoms with Gasteiger partial charge >= 0.3 is 0 Å². The lowest BCUT2D eigenvalue weighted by Crippen LogP contribution is -2.25. The van der Waals surface area contributed by atoms with Gasteiger partial charge in [0.15, 0.2) is 0 Å². The molecule has 0 aromatic heterocycles. The predicted octanol–water partition coefficient (Wildman–Crippen LogP) is 4.34. The molecular formula is C16H24O. The Hall–Kier alpha value is -0.980. The zero-order valence-corrected chi connectivity index (χ0v) is 11.8. The van der Waals surface area contributed by atoms with Crippen LogP contribution in [0.3, 0.4) is 0 Å². The highest BCUT2D eigenvalue weighted by Crippen LogP contribution is 2.42. The van der Waals surface area contributed by atoms with Gasteiger partial charge in [0.05, 0.1) is 6.61 Å². The van der Waals surface area contributed by atoms with E-state index in [1.54, 1.807) is 0 Å². The van der Waals surface area contributed by atoms with Crippen LogP contribution in [0.1, 0.15) is 52.2 Å². The van der Waals surface area contributed by atoms with Crippen molar-refractivity contribution in [2.45, 2.75) is 52.9 Å². The van der Waals surface area contributed by atoms with Crippen LogP contribution in [0, 0.1) is 5.41 Å². The summed E-state index contributed by atoms with van der Waals surface area (Å²) in [6.45, 7) is 12.4. The lowest BCUT2D eigenvalue weighted by molar-refractivity contribution is 0.274. The molecule has 0 bridgehead atoms. The number of benzene rings is 1. The maximum atomic E-state index is 5.83. The van der Waals surface area contributed by atoms with Crippen molar-refractivity contribution < 1.29 is 4.74 Å². The molecule has 0 N–H and O–H groups in total. The maximum absolute atomic E-state index is 5.83. The molecule has 0 atom stereocenters. The van der Waals surface area contributed by atoms with Crippen molar-refractivity contribution in [2.24, 2.45) is 5.41 Å². The van der Waals surface area contributed by atoms with Gasteiger partial charge < -0.3 is 4.74 Å². The molecule has 0 unspecified atom stereocenters. The van der Waals surface area contributed by atoms with Gasteiger partial charge in [0.25, 0.3) is 0 Å². The molecule has 1 aromatic carbocycles. The minimum Gasteiger partial charge on any atom is -0.493 e. The summed E-state index contributed by atoms with van der Waals surface area (Å²) in [5.41, 5.74) is 3.27. The second-order valence-electron chi connectivity index (χ2n) is 7.01. The summed E-state index contributed by atoms with van der Waals surface area (Å²) >= 11 is 0. The fraction of sp³-hybridized carbons (Fsp3) is 0.625. The summed E-state index contributed by atoms with van der Waals surface area (Å²) in [6, 6.07) is 6.60. The van der Waals surface area contributed by atoms with E-state index < -0.39 is 0 Å². The van der Waals surface area contributed by atoms with Crippen molar-refractivity contribution in [1.82, 2.24) is 0 Å². The highest BCUT2D eigenvalue weighted by atomic mass is 16.5. The van der Waals surface area contributed by atoms with Crippen LogP contribution in [0.25, 0.3) is 0 Å². The lowest BCUT2D eigenvalue weighted by atomic mass is 9.72. The molecule has 1 heteroatoms. The van der Waals surface area contributed by atoms with Crippen LogP contribution in [0.15, 0.2) is 18.2 Å². The third kappa shape index (κ3) is 2.65. The third-order valence-corrected chi connectivity index (χ3v) is 3.42. The van der Waals surface area contributed by atoms with Gasteiger partial charge in [0, 0.05) is 12.0 Å². The van der Waals surface area contributed by atoms with Crippen LogP contribution >= 0.6 is 0 Å². The molecule has 2 rings (SSSR count). The first-order valence-corrected chi connectivity index (χ1v) is 6.55. The summed E-state index contributed by atoms with van der Waals surface area (Å²) in [6.07, 6.45) is 2.23. The average molecular weight is 232 g/mol. The molecule has 0 fully saturated rings. The van der Waals surface area contributed by atoms with Crippen LogP contribution in [-0.4, -0.2) is 6.61 Å². The molecule has 0 aliphatic carbocycles. The van der Waals surface area contributed by atoms with Gasteiger partial charge in [-0.15, -0.1) is 0 Å². The topological polar surface area (TPSA) is 9.23 Å². The van der Waals surface area contributed by atoms with Crippen LogP contribution in [0.4, 0.5) is 0 Å². The zero-order chi connectivity index (χ0) is 12.7. The number of fused-ring (bicyclic) bond motifs is 1. The van der Waals surface area contributed by atoms with E-state index in [-0.39, 0.29) is 5.41 Å². The Balaban J connectivity index is 2.37. The van der Waals surface area contributed by atoms with Crippen LogP contribution in [0.2, 0.25) is 0 Å². The van der Waals surface area contributed by atoms with E-state index >= 15 is 0 Å². The van der Waals surface area contributed by atoms with Gasteiger partial charge in [0.2, 0.25) is 0 Å². The molecule has 94 valence electrons. The molecule has 0 amide bonds. The molecule has 1 aliphatic rings. The Morgan fingerprint density at radius 3 is 2.47 bits per heavy atom. The van der Waals surface area contributed by atoms with Gasteiger partial charge in [0.1, 0.15) is 5.75 Å². The Morgan fingerprint density at radius 2 is 1.82 bits per heavy atom. The molecule has 1 aliphatic heterocycles. The van der Waals surface area contributed by atoms with Crippen molar-refractivity contribution in [2.75, 3.05) is 6.61 Å². The molecule has 0 saturated heterocycles. The highest BCUT2D eigenvalue weighted by Gasteiger charge is 2.31. The normalized spacial score (nSPS) is 15.6. The molecule has 1 aromatic rings. The lowest BCUT2D eigenvalue weighted by Gasteiger charge is -2.33. The van der Waals surface area contributed by atoms with Gasteiger partial charge in [-0.1, -0.05) is 52.8 Å². The van der Waals surface area contributed by atoms with Crippen LogP contribution in [0.5, 0.6) is 5.75 Å². The average Bonchev–Trinajstić information content (AvgIpc) is 2.60. The molecule has 0 saturated carbocycles. The number of ether oxygens (including phenoxy) is 1. The smallest absolute Gasteiger partial charge is 0.126 e. The fourth-order valence-electron chi connectivity index (χ4n) is 3.17. The number of rotatable bonds is 2. The fourth-order valence-corrected chi connectivity index (χ4v) is 3.17. The first kappa shape index (κ1) is 12.5. The van der Waals surface area contributed by atoms with Crippen molar-refractivity contribution in [3.63, 3.8) is 0 Å². The Labute approximate surface area is 105 Å². The van der Waals surface area contributed by atoms with Crippen molar-refractivity contribution in [1.29, 1.82) is 0 Å². The summed E-state index contributed by atoms with van der Waals surface area (Å²) < 4.78 is 5.83. The number of hydrogen-bond acceptors (Lipinski definition) is 1. The summed E-state index contributed by atoms with van der Waals surface area (Å²) in [4.78, 5) is 0. The molecule has 0 spiro atoms. The molecule has 1 heterocycles. The summed E-state index contributed by atoms with van der Waals surface area (Å²) in [5.74, 6) is 1.15. The zero-order valence-electron chi connectivity index (χ0n) is 11.8. The van der Waals surface area contributed by atoms with Gasteiger partial charge in [-0.3, -0.25) is 0 Å². The standard InChI is InChI=1S/C16H24O/c1-15(2,3)11-16(4,5)13-8-6-7-12-9-10-17-14(12)13/h6-8H,9-11H2,1-5H3. The Morgan fingerprint density at radius 1 is 1.12 bits per heavy atom. The minimum absolute atomic E-state index is 0.175. The van der Waals surface area contributed by atoms with E-state index in [9.17, 15) is 0 Å². The second-order valence-corrected chi connectivity index (χ2v) is 7.01. The van der Waals surface area contributed by atoms with E-state index in [4.69, 9.17) is 4.74 Å². The SMILES string of the molecule is CC(C)(C)CC(C)(C)c1cccc2c1OCC2. The summed E-state index contributed by atoms with van der Waals surface area (Å²) in [7, 11) is 0. The Bertz CT molecular complexity index is 410. The molecule has 17 heavy (non-hydrogen) atoms.